The van der Waals surface area contributed by atoms with Gasteiger partial charge in [0.2, 0.25) is 5.62 Å². The van der Waals surface area contributed by atoms with Crippen molar-refractivity contribution in [3.63, 3.8) is 0 Å². The van der Waals surface area contributed by atoms with Crippen LogP contribution in [0, 0.1) is 5.41 Å². The van der Waals surface area contributed by atoms with E-state index in [9.17, 15) is 0 Å². The summed E-state index contributed by atoms with van der Waals surface area (Å²) < 4.78 is 3.46. The molecule has 0 spiro atoms. The van der Waals surface area contributed by atoms with Crippen molar-refractivity contribution < 1.29 is 0 Å². The maximum Gasteiger partial charge on any atom is 0.223 e. The fraction of sp³-hybridized carbons (Fsp3) is 0.0667. The summed E-state index contributed by atoms with van der Waals surface area (Å²) in [6.07, 6.45) is 1.77. The Labute approximate surface area is 110 Å². The number of nitrogens with one attached hydrogen (secondary N) is 1. The van der Waals surface area contributed by atoms with E-state index in [1.807, 2.05) is 66.2 Å². The monoisotopic (exact) mass is 250 g/mol. The molecule has 0 radical (unpaired) electrons. The van der Waals surface area contributed by atoms with Crippen molar-refractivity contribution in [2.24, 2.45) is 12.1 Å². The van der Waals surface area contributed by atoms with Crippen molar-refractivity contribution in [2.75, 3.05) is 0 Å². The van der Waals surface area contributed by atoms with E-state index < -0.39 is 0 Å². The van der Waals surface area contributed by atoms with E-state index in [0.717, 1.165) is 16.6 Å². The molecule has 4 heteroatoms. The Bertz CT molecular complexity index is 794. The molecular formula is C15H14N4. The second kappa shape index (κ2) is 4.57. The van der Waals surface area contributed by atoms with E-state index in [1.54, 1.807) is 10.9 Å². The van der Waals surface area contributed by atoms with Crippen LogP contribution in [-0.2, 0) is 7.05 Å². The van der Waals surface area contributed by atoms with Crippen LogP contribution < -0.4 is 5.62 Å². The lowest BCUT2D eigenvalue weighted by atomic mass is 10.2. The molecule has 3 aromatic rings. The third kappa shape index (κ3) is 1.97. The van der Waals surface area contributed by atoms with Gasteiger partial charge in [0.25, 0.3) is 0 Å². The molecule has 94 valence electrons. The highest BCUT2D eigenvalue weighted by Gasteiger charge is 2.05. The van der Waals surface area contributed by atoms with Gasteiger partial charge in [0.1, 0.15) is 0 Å². The van der Waals surface area contributed by atoms with Crippen molar-refractivity contribution in [3.05, 3.63) is 65.8 Å². The zero-order valence-corrected chi connectivity index (χ0v) is 10.6. The van der Waals surface area contributed by atoms with Crippen molar-refractivity contribution in [3.8, 4) is 0 Å². The van der Waals surface area contributed by atoms with Crippen molar-refractivity contribution in [1.29, 1.82) is 5.41 Å². The molecule has 19 heavy (non-hydrogen) atoms. The molecule has 0 aliphatic carbocycles. The number of para-hydroxylation sites is 2. The first kappa shape index (κ1) is 11.5. The predicted molar refractivity (Wildman–Crippen MR) is 76.2 cm³/mol. The number of rotatable bonds is 2. The molecule has 0 bridgehead atoms. The normalized spacial score (nSPS) is 11.4. The average Bonchev–Trinajstić information content (AvgIpc) is 2.71. The highest BCUT2D eigenvalue weighted by Crippen LogP contribution is 2.11. The Morgan fingerprint density at radius 2 is 1.58 bits per heavy atom. The molecule has 1 heterocycles. The van der Waals surface area contributed by atoms with E-state index in [1.165, 1.54) is 0 Å². The number of hydrogen-bond acceptors (Lipinski definition) is 2. The predicted octanol–water partition coefficient (Wildman–Crippen LogP) is 2.34. The van der Waals surface area contributed by atoms with Crippen LogP contribution in [0.5, 0.6) is 0 Å². The standard InChI is InChI=1S/C15H14N4/c1-18-13-9-5-6-10-14(13)19(15(18)16)17-11-12-7-3-2-4-8-12/h2-11,16H,1H3. The first-order valence-corrected chi connectivity index (χ1v) is 6.08. The molecule has 2 aromatic carbocycles. The molecule has 4 nitrogen and oxygen atoms in total. The maximum atomic E-state index is 8.10. The zero-order chi connectivity index (χ0) is 13.2. The number of imidazole rings is 1. The van der Waals surface area contributed by atoms with Gasteiger partial charge in [0.15, 0.2) is 0 Å². The fourth-order valence-electron chi connectivity index (χ4n) is 2.08. The highest BCUT2D eigenvalue weighted by atomic mass is 15.4. The molecule has 1 N–H and O–H groups in total. The quantitative estimate of drug-likeness (QED) is 0.679. The third-order valence-corrected chi connectivity index (χ3v) is 3.11. The number of aryl methyl sites for hydroxylation is 1. The minimum absolute atomic E-state index is 0.355. The third-order valence-electron chi connectivity index (χ3n) is 3.11. The number of nitrogens with zero attached hydrogens (tertiary/aromatic N) is 3. The molecule has 0 aliphatic rings. The Morgan fingerprint density at radius 1 is 0.947 bits per heavy atom. The van der Waals surface area contributed by atoms with Gasteiger partial charge in [-0.2, -0.15) is 9.78 Å². The van der Waals surface area contributed by atoms with Crippen molar-refractivity contribution >= 4 is 17.2 Å². The van der Waals surface area contributed by atoms with Crippen LogP contribution >= 0.6 is 0 Å². The molecule has 0 saturated carbocycles. The van der Waals surface area contributed by atoms with Gasteiger partial charge in [0.05, 0.1) is 17.2 Å². The van der Waals surface area contributed by atoms with E-state index in [2.05, 4.69) is 5.10 Å². The van der Waals surface area contributed by atoms with Crippen LogP contribution in [0.3, 0.4) is 0 Å². The summed E-state index contributed by atoms with van der Waals surface area (Å²) in [5.41, 5.74) is 3.30. The second-order valence-corrected chi connectivity index (χ2v) is 4.34. The van der Waals surface area contributed by atoms with Crippen molar-refractivity contribution in [1.82, 2.24) is 9.24 Å². The van der Waals surface area contributed by atoms with Gasteiger partial charge in [-0.15, -0.1) is 0 Å². The molecule has 0 unspecified atom stereocenters. The van der Waals surface area contributed by atoms with Gasteiger partial charge in [0, 0.05) is 7.05 Å². The summed E-state index contributed by atoms with van der Waals surface area (Å²) in [6.45, 7) is 0. The Hall–Kier alpha value is -2.62. The van der Waals surface area contributed by atoms with E-state index >= 15 is 0 Å². The fourth-order valence-corrected chi connectivity index (χ4v) is 2.08. The SMILES string of the molecule is Cn1c(=N)n(N=Cc2ccccc2)c2ccccc21. The van der Waals surface area contributed by atoms with Crippen LogP contribution in [0.25, 0.3) is 11.0 Å². The van der Waals surface area contributed by atoms with Crippen LogP contribution in [0.15, 0.2) is 59.7 Å². The molecular weight excluding hydrogens is 236 g/mol. The van der Waals surface area contributed by atoms with Gasteiger partial charge in [-0.05, 0) is 17.7 Å². The van der Waals surface area contributed by atoms with E-state index in [-0.39, 0.29) is 0 Å². The summed E-state index contributed by atoms with van der Waals surface area (Å²) in [6, 6.07) is 17.8. The smallest absolute Gasteiger partial charge is 0.223 e. The second-order valence-electron chi connectivity index (χ2n) is 4.34. The minimum Gasteiger partial charge on any atom is -0.312 e. The Morgan fingerprint density at radius 3 is 2.32 bits per heavy atom. The van der Waals surface area contributed by atoms with E-state index in [0.29, 0.717) is 5.62 Å². The lowest BCUT2D eigenvalue weighted by molar-refractivity contribution is 0.731. The topological polar surface area (TPSA) is 46.1 Å². The number of benzene rings is 2. The maximum absolute atomic E-state index is 8.10. The van der Waals surface area contributed by atoms with E-state index in [4.69, 9.17) is 5.41 Å². The molecule has 0 saturated heterocycles. The zero-order valence-electron chi connectivity index (χ0n) is 10.6. The first-order chi connectivity index (χ1) is 9.27. The number of fused-ring (bicyclic) bond motifs is 1. The molecule has 3 rings (SSSR count). The molecule has 1 aromatic heterocycles. The lowest BCUT2D eigenvalue weighted by Gasteiger charge is -1.95. The van der Waals surface area contributed by atoms with Gasteiger partial charge in [-0.1, -0.05) is 42.5 Å². The first-order valence-electron chi connectivity index (χ1n) is 6.08. The number of aromatic nitrogens is 2. The largest absolute Gasteiger partial charge is 0.312 e. The summed E-state index contributed by atoms with van der Waals surface area (Å²) in [7, 11) is 1.87. The van der Waals surface area contributed by atoms with Gasteiger partial charge in [-0.3, -0.25) is 5.41 Å². The molecule has 0 atom stereocenters. The molecule has 0 amide bonds. The minimum atomic E-state index is 0.355. The van der Waals surface area contributed by atoms with Crippen LogP contribution in [-0.4, -0.2) is 15.5 Å². The summed E-state index contributed by atoms with van der Waals surface area (Å²) in [4.78, 5) is 0. The molecule has 0 aliphatic heterocycles. The van der Waals surface area contributed by atoms with Gasteiger partial charge in [-0.25, -0.2) is 0 Å². The van der Waals surface area contributed by atoms with Crippen molar-refractivity contribution in [2.45, 2.75) is 0 Å². The van der Waals surface area contributed by atoms with Gasteiger partial charge >= 0.3 is 0 Å². The van der Waals surface area contributed by atoms with Crippen LogP contribution in [0.2, 0.25) is 0 Å². The number of hydrogen-bond donors (Lipinski definition) is 1. The Kier molecular flexibility index (Phi) is 2.76. The summed E-state index contributed by atoms with van der Waals surface area (Å²) in [5, 5.41) is 12.5. The Balaban J connectivity index is 2.14. The molecule has 0 fully saturated rings. The summed E-state index contributed by atoms with van der Waals surface area (Å²) in [5.74, 6) is 0. The highest BCUT2D eigenvalue weighted by molar-refractivity contribution is 5.81. The van der Waals surface area contributed by atoms with Crippen LogP contribution in [0.4, 0.5) is 0 Å². The van der Waals surface area contributed by atoms with Crippen LogP contribution in [0.1, 0.15) is 5.56 Å². The average molecular weight is 250 g/mol. The van der Waals surface area contributed by atoms with Gasteiger partial charge < -0.3 is 4.57 Å². The lowest BCUT2D eigenvalue weighted by Crippen LogP contribution is -2.19. The summed E-state index contributed by atoms with van der Waals surface area (Å²) >= 11 is 0.